The fraction of sp³-hybridized carbons (Fsp3) is 0.444. The predicted molar refractivity (Wildman–Crippen MR) is 92.3 cm³/mol. The van der Waals surface area contributed by atoms with E-state index in [9.17, 15) is 4.79 Å². The second-order valence-electron chi connectivity index (χ2n) is 6.06. The summed E-state index contributed by atoms with van der Waals surface area (Å²) in [4.78, 5) is 14.0. The molecular formula is C18H26N4O. The topological polar surface area (TPSA) is 50.2 Å². The van der Waals surface area contributed by atoms with Crippen LogP contribution < -0.4 is 5.32 Å². The first kappa shape index (κ1) is 17.1. The van der Waals surface area contributed by atoms with Gasteiger partial charge in [0.1, 0.15) is 0 Å². The van der Waals surface area contributed by atoms with Crippen molar-refractivity contribution in [1.82, 2.24) is 20.0 Å². The predicted octanol–water partition coefficient (Wildman–Crippen LogP) is 3.29. The molecule has 0 saturated carbocycles. The number of carbonyl (C=O) groups is 1. The Labute approximate surface area is 138 Å². The molecule has 1 atom stereocenters. The monoisotopic (exact) mass is 314 g/mol. The van der Waals surface area contributed by atoms with Crippen molar-refractivity contribution in [2.75, 3.05) is 13.6 Å². The van der Waals surface area contributed by atoms with Gasteiger partial charge >= 0.3 is 6.03 Å². The van der Waals surface area contributed by atoms with Crippen LogP contribution in [0.1, 0.15) is 36.1 Å². The first-order valence-corrected chi connectivity index (χ1v) is 8.03. The Morgan fingerprint density at radius 3 is 2.78 bits per heavy atom. The van der Waals surface area contributed by atoms with Gasteiger partial charge in [0.15, 0.2) is 0 Å². The molecule has 1 aromatic heterocycles. The lowest BCUT2D eigenvalue weighted by molar-refractivity contribution is 0.204. The third kappa shape index (κ3) is 4.84. The Morgan fingerprint density at radius 1 is 1.35 bits per heavy atom. The van der Waals surface area contributed by atoms with Crippen molar-refractivity contribution in [3.8, 4) is 0 Å². The summed E-state index contributed by atoms with van der Waals surface area (Å²) in [6.07, 6.45) is 4.58. The number of nitrogens with one attached hydrogen (secondary N) is 1. The van der Waals surface area contributed by atoms with Crippen molar-refractivity contribution < 1.29 is 4.79 Å². The van der Waals surface area contributed by atoms with Crippen LogP contribution in [0.5, 0.6) is 0 Å². The van der Waals surface area contributed by atoms with E-state index in [1.165, 1.54) is 11.1 Å². The van der Waals surface area contributed by atoms with E-state index in [2.05, 4.69) is 42.5 Å². The number of carbonyl (C=O) groups excluding carboxylic acids is 1. The molecule has 0 aliphatic heterocycles. The van der Waals surface area contributed by atoms with Crippen LogP contribution in [0, 0.1) is 13.8 Å². The molecule has 2 rings (SSSR count). The van der Waals surface area contributed by atoms with Crippen molar-refractivity contribution in [3.05, 3.63) is 53.3 Å². The SMILES string of the molecule is Cc1ccc(C(C)NC(=O)N(C)CCCn2cccn2)cc1C. The van der Waals surface area contributed by atoms with Gasteiger partial charge in [-0.1, -0.05) is 18.2 Å². The first-order chi connectivity index (χ1) is 11.0. The Kier molecular flexibility index (Phi) is 5.79. The molecule has 2 amide bonds. The van der Waals surface area contributed by atoms with E-state index in [0.29, 0.717) is 6.54 Å². The molecule has 5 heteroatoms. The highest BCUT2D eigenvalue weighted by Gasteiger charge is 2.13. The summed E-state index contributed by atoms with van der Waals surface area (Å²) in [6.45, 7) is 7.72. The second-order valence-corrected chi connectivity index (χ2v) is 6.06. The quantitative estimate of drug-likeness (QED) is 0.889. The average Bonchev–Trinajstić information content (AvgIpc) is 3.03. The van der Waals surface area contributed by atoms with Gasteiger partial charge in [-0.3, -0.25) is 4.68 Å². The van der Waals surface area contributed by atoms with Crippen molar-refractivity contribution in [2.24, 2.45) is 0 Å². The number of hydrogen-bond donors (Lipinski definition) is 1. The number of urea groups is 1. The van der Waals surface area contributed by atoms with E-state index in [1.807, 2.05) is 30.9 Å². The van der Waals surface area contributed by atoms with Crippen LogP contribution in [0.25, 0.3) is 0 Å². The highest BCUT2D eigenvalue weighted by Crippen LogP contribution is 2.16. The molecule has 0 fully saturated rings. The number of nitrogens with zero attached hydrogens (tertiary/aromatic N) is 3. The fourth-order valence-electron chi connectivity index (χ4n) is 2.42. The lowest BCUT2D eigenvalue weighted by Gasteiger charge is -2.22. The minimum absolute atomic E-state index is 0.00429. The van der Waals surface area contributed by atoms with Crippen molar-refractivity contribution in [1.29, 1.82) is 0 Å². The van der Waals surface area contributed by atoms with Crippen LogP contribution in [-0.4, -0.2) is 34.3 Å². The summed E-state index contributed by atoms with van der Waals surface area (Å²) in [7, 11) is 1.82. The van der Waals surface area contributed by atoms with Crippen LogP contribution in [0.15, 0.2) is 36.7 Å². The molecule has 1 N–H and O–H groups in total. The zero-order chi connectivity index (χ0) is 16.8. The van der Waals surface area contributed by atoms with Crippen LogP contribution in [0.4, 0.5) is 4.79 Å². The van der Waals surface area contributed by atoms with Gasteiger partial charge in [-0.15, -0.1) is 0 Å². The summed E-state index contributed by atoms with van der Waals surface area (Å²) < 4.78 is 1.88. The average molecular weight is 314 g/mol. The number of benzene rings is 1. The zero-order valence-electron chi connectivity index (χ0n) is 14.4. The highest BCUT2D eigenvalue weighted by molar-refractivity contribution is 5.74. The summed E-state index contributed by atoms with van der Waals surface area (Å²) in [5.41, 5.74) is 3.64. The van der Waals surface area contributed by atoms with Gasteiger partial charge in [-0.2, -0.15) is 5.10 Å². The maximum absolute atomic E-state index is 12.3. The molecule has 0 aliphatic carbocycles. The lowest BCUT2D eigenvalue weighted by Crippen LogP contribution is -2.39. The highest BCUT2D eigenvalue weighted by atomic mass is 16.2. The summed E-state index contributed by atoms with van der Waals surface area (Å²) in [5.74, 6) is 0. The van der Waals surface area contributed by atoms with Gasteiger partial charge in [0, 0.05) is 32.5 Å². The Morgan fingerprint density at radius 2 is 2.13 bits per heavy atom. The molecule has 5 nitrogen and oxygen atoms in total. The van der Waals surface area contributed by atoms with E-state index in [4.69, 9.17) is 0 Å². The van der Waals surface area contributed by atoms with Crippen LogP contribution >= 0.6 is 0 Å². The summed E-state index contributed by atoms with van der Waals surface area (Å²) in [5, 5.41) is 7.21. The summed E-state index contributed by atoms with van der Waals surface area (Å²) >= 11 is 0. The number of hydrogen-bond acceptors (Lipinski definition) is 2. The fourth-order valence-corrected chi connectivity index (χ4v) is 2.42. The molecule has 1 aromatic carbocycles. The van der Waals surface area contributed by atoms with Gasteiger partial charge in [-0.25, -0.2) is 4.79 Å². The van der Waals surface area contributed by atoms with Gasteiger partial charge in [0.05, 0.1) is 6.04 Å². The maximum atomic E-state index is 12.3. The third-order valence-electron chi connectivity index (χ3n) is 4.16. The number of aryl methyl sites for hydroxylation is 3. The van der Waals surface area contributed by atoms with Gasteiger partial charge in [0.25, 0.3) is 0 Å². The summed E-state index contributed by atoms with van der Waals surface area (Å²) in [6, 6.07) is 8.16. The van der Waals surface area contributed by atoms with Crippen LogP contribution in [-0.2, 0) is 6.54 Å². The van der Waals surface area contributed by atoms with Gasteiger partial charge in [-0.05, 0) is 49.9 Å². The standard InChI is InChI=1S/C18H26N4O/c1-14-7-8-17(13-15(14)2)16(3)20-18(23)21(4)10-6-12-22-11-5-9-19-22/h5,7-9,11,13,16H,6,10,12H2,1-4H3,(H,20,23). The van der Waals surface area contributed by atoms with E-state index in [1.54, 1.807) is 11.1 Å². The van der Waals surface area contributed by atoms with E-state index in [0.717, 1.165) is 18.5 Å². The second kappa shape index (κ2) is 7.81. The van der Waals surface area contributed by atoms with Crippen molar-refractivity contribution >= 4 is 6.03 Å². The number of amides is 2. The molecule has 2 aromatic rings. The first-order valence-electron chi connectivity index (χ1n) is 8.03. The molecule has 0 bridgehead atoms. The molecular weight excluding hydrogens is 288 g/mol. The number of rotatable bonds is 6. The number of aromatic nitrogens is 2. The van der Waals surface area contributed by atoms with Crippen molar-refractivity contribution in [2.45, 2.75) is 39.8 Å². The van der Waals surface area contributed by atoms with Crippen molar-refractivity contribution in [3.63, 3.8) is 0 Å². The molecule has 0 spiro atoms. The molecule has 0 aliphatic rings. The molecule has 0 saturated heterocycles. The molecule has 1 heterocycles. The largest absolute Gasteiger partial charge is 0.331 e. The Balaban J connectivity index is 1.81. The molecule has 23 heavy (non-hydrogen) atoms. The van der Waals surface area contributed by atoms with Crippen LogP contribution in [0.3, 0.4) is 0 Å². The van der Waals surface area contributed by atoms with E-state index in [-0.39, 0.29) is 12.1 Å². The minimum Gasteiger partial charge on any atom is -0.331 e. The van der Waals surface area contributed by atoms with Gasteiger partial charge in [0.2, 0.25) is 0 Å². The minimum atomic E-state index is -0.0452. The third-order valence-corrected chi connectivity index (χ3v) is 4.16. The smallest absolute Gasteiger partial charge is 0.317 e. The zero-order valence-corrected chi connectivity index (χ0v) is 14.4. The lowest BCUT2D eigenvalue weighted by atomic mass is 10.0. The van der Waals surface area contributed by atoms with E-state index >= 15 is 0 Å². The Hall–Kier alpha value is -2.30. The molecule has 1 unspecified atom stereocenters. The van der Waals surface area contributed by atoms with Gasteiger partial charge < -0.3 is 10.2 Å². The maximum Gasteiger partial charge on any atom is 0.317 e. The molecule has 0 radical (unpaired) electrons. The Bertz CT molecular complexity index is 636. The van der Waals surface area contributed by atoms with Crippen LogP contribution in [0.2, 0.25) is 0 Å². The molecule has 124 valence electrons. The normalized spacial score (nSPS) is 12.0. The van der Waals surface area contributed by atoms with E-state index < -0.39 is 0 Å².